The molecule has 0 unspecified atom stereocenters. The maximum absolute atomic E-state index is 5.30. The Bertz CT molecular complexity index is 795. The third-order valence-corrected chi connectivity index (χ3v) is 3.82. The zero-order chi connectivity index (χ0) is 16.9. The largest absolute Gasteiger partial charge is 0.383 e. The van der Waals surface area contributed by atoms with Gasteiger partial charge in [-0.1, -0.05) is 18.2 Å². The predicted molar refractivity (Wildman–Crippen MR) is 101 cm³/mol. The molecule has 0 fully saturated rings. The Balaban J connectivity index is 1.68. The van der Waals surface area contributed by atoms with Gasteiger partial charge in [-0.05, 0) is 43.4 Å². The summed E-state index contributed by atoms with van der Waals surface area (Å²) in [4.78, 5) is 4.62. The van der Waals surface area contributed by atoms with Gasteiger partial charge in [-0.2, -0.15) is 0 Å². The molecule has 0 saturated carbocycles. The second kappa shape index (κ2) is 7.42. The molecule has 0 bridgehead atoms. The highest BCUT2D eigenvalue weighted by molar-refractivity contribution is 7.80. The van der Waals surface area contributed by atoms with E-state index >= 15 is 0 Å². The van der Waals surface area contributed by atoms with Gasteiger partial charge in [-0.3, -0.25) is 0 Å². The fourth-order valence-corrected chi connectivity index (χ4v) is 2.80. The van der Waals surface area contributed by atoms with Crippen LogP contribution in [-0.4, -0.2) is 34.3 Å². The van der Waals surface area contributed by atoms with Crippen LogP contribution in [-0.2, 0) is 4.74 Å². The Labute approximate surface area is 146 Å². The van der Waals surface area contributed by atoms with Crippen molar-refractivity contribution < 1.29 is 4.74 Å². The molecule has 2 heterocycles. The number of thiocarbonyl (C=S) groups is 1. The zero-order valence-electron chi connectivity index (χ0n) is 13.7. The van der Waals surface area contributed by atoms with Gasteiger partial charge in [0.1, 0.15) is 5.65 Å². The molecular weight excluding hydrogens is 320 g/mol. The number of pyridine rings is 1. The minimum absolute atomic E-state index is 0.159. The van der Waals surface area contributed by atoms with Crippen molar-refractivity contribution in [3.63, 3.8) is 0 Å². The van der Waals surface area contributed by atoms with E-state index in [4.69, 9.17) is 17.0 Å². The Kier molecular flexibility index (Phi) is 5.08. The van der Waals surface area contributed by atoms with Crippen LogP contribution < -0.4 is 10.6 Å². The van der Waals surface area contributed by atoms with Crippen LogP contribution in [0.4, 0.5) is 5.69 Å². The molecule has 0 saturated heterocycles. The summed E-state index contributed by atoms with van der Waals surface area (Å²) >= 11 is 5.30. The van der Waals surface area contributed by atoms with E-state index in [-0.39, 0.29) is 6.04 Å². The minimum Gasteiger partial charge on any atom is -0.383 e. The van der Waals surface area contributed by atoms with Crippen LogP contribution in [0.2, 0.25) is 0 Å². The number of fused-ring (bicyclic) bond motifs is 1. The number of nitrogens with one attached hydrogen (secondary N) is 2. The van der Waals surface area contributed by atoms with Crippen LogP contribution >= 0.6 is 12.2 Å². The number of rotatable bonds is 5. The molecule has 2 N–H and O–H groups in total. The smallest absolute Gasteiger partial charge is 0.171 e. The van der Waals surface area contributed by atoms with Crippen molar-refractivity contribution in [3.8, 4) is 11.3 Å². The highest BCUT2D eigenvalue weighted by Crippen LogP contribution is 2.21. The summed E-state index contributed by atoms with van der Waals surface area (Å²) in [5.41, 5.74) is 3.88. The van der Waals surface area contributed by atoms with Crippen molar-refractivity contribution in [3.05, 3.63) is 54.9 Å². The first kappa shape index (κ1) is 16.4. The van der Waals surface area contributed by atoms with Crippen LogP contribution in [0.15, 0.2) is 54.9 Å². The van der Waals surface area contributed by atoms with E-state index in [0.29, 0.717) is 11.7 Å². The molecule has 3 aromatic rings. The molecule has 1 atom stereocenters. The summed E-state index contributed by atoms with van der Waals surface area (Å²) in [5, 5.41) is 6.93. The maximum atomic E-state index is 5.30. The summed E-state index contributed by atoms with van der Waals surface area (Å²) in [6, 6.07) is 14.2. The monoisotopic (exact) mass is 340 g/mol. The number of hydrogen-bond donors (Lipinski definition) is 2. The van der Waals surface area contributed by atoms with Gasteiger partial charge in [-0.15, -0.1) is 0 Å². The van der Waals surface area contributed by atoms with Gasteiger partial charge in [0.15, 0.2) is 5.11 Å². The van der Waals surface area contributed by atoms with Crippen molar-refractivity contribution in [1.82, 2.24) is 14.7 Å². The average Bonchev–Trinajstić information content (AvgIpc) is 2.99. The normalized spacial score (nSPS) is 12.1. The first-order chi connectivity index (χ1) is 11.7. The predicted octanol–water partition coefficient (Wildman–Crippen LogP) is 3.32. The van der Waals surface area contributed by atoms with E-state index < -0.39 is 0 Å². The molecule has 0 aliphatic heterocycles. The summed E-state index contributed by atoms with van der Waals surface area (Å²) in [5.74, 6) is 0. The molecule has 1 aromatic carbocycles. The van der Waals surface area contributed by atoms with Crippen molar-refractivity contribution in [2.45, 2.75) is 13.0 Å². The van der Waals surface area contributed by atoms with E-state index in [1.807, 2.05) is 66.2 Å². The minimum atomic E-state index is 0.159. The number of nitrogens with zero attached hydrogens (tertiary/aromatic N) is 2. The number of anilines is 1. The Morgan fingerprint density at radius 1 is 1.25 bits per heavy atom. The second-order valence-electron chi connectivity index (χ2n) is 5.62. The lowest BCUT2D eigenvalue weighted by Crippen LogP contribution is -2.38. The average molecular weight is 340 g/mol. The van der Waals surface area contributed by atoms with Gasteiger partial charge in [-0.25, -0.2) is 4.98 Å². The van der Waals surface area contributed by atoms with E-state index in [1.54, 1.807) is 7.11 Å². The zero-order valence-corrected chi connectivity index (χ0v) is 14.5. The van der Waals surface area contributed by atoms with E-state index in [2.05, 4.69) is 15.6 Å². The van der Waals surface area contributed by atoms with Gasteiger partial charge >= 0.3 is 0 Å². The van der Waals surface area contributed by atoms with Gasteiger partial charge in [0.2, 0.25) is 0 Å². The molecule has 0 aliphatic carbocycles. The number of aromatic nitrogens is 2. The summed E-state index contributed by atoms with van der Waals surface area (Å²) in [6.07, 6.45) is 4.02. The van der Waals surface area contributed by atoms with Gasteiger partial charge in [0, 0.05) is 36.8 Å². The molecule has 0 spiro atoms. The third kappa shape index (κ3) is 3.90. The van der Waals surface area contributed by atoms with Crippen LogP contribution in [0.5, 0.6) is 0 Å². The van der Waals surface area contributed by atoms with Crippen molar-refractivity contribution in [2.75, 3.05) is 19.0 Å². The van der Waals surface area contributed by atoms with E-state index in [1.165, 1.54) is 0 Å². The highest BCUT2D eigenvalue weighted by atomic mass is 32.1. The molecule has 124 valence electrons. The number of ether oxygens (including phenoxy) is 1. The SMILES string of the molecule is COC[C@@H](C)NC(=S)Nc1ccc(-c2cn3ccccc3n2)cc1. The molecule has 3 rings (SSSR count). The van der Waals surface area contributed by atoms with Gasteiger partial charge in [0.05, 0.1) is 12.3 Å². The maximum Gasteiger partial charge on any atom is 0.171 e. The number of imidazole rings is 1. The second-order valence-corrected chi connectivity index (χ2v) is 6.03. The summed E-state index contributed by atoms with van der Waals surface area (Å²) in [7, 11) is 1.67. The van der Waals surface area contributed by atoms with Crippen molar-refractivity contribution in [2.24, 2.45) is 0 Å². The van der Waals surface area contributed by atoms with Gasteiger partial charge < -0.3 is 19.8 Å². The molecule has 24 heavy (non-hydrogen) atoms. The lowest BCUT2D eigenvalue weighted by atomic mass is 10.1. The topological polar surface area (TPSA) is 50.6 Å². The van der Waals surface area contributed by atoms with Crippen molar-refractivity contribution in [1.29, 1.82) is 0 Å². The third-order valence-electron chi connectivity index (χ3n) is 3.60. The number of hydrogen-bond acceptors (Lipinski definition) is 3. The lowest BCUT2D eigenvalue weighted by Gasteiger charge is -2.16. The lowest BCUT2D eigenvalue weighted by molar-refractivity contribution is 0.179. The van der Waals surface area contributed by atoms with E-state index in [0.717, 1.165) is 22.6 Å². The van der Waals surface area contributed by atoms with Crippen molar-refractivity contribution >= 4 is 28.7 Å². The first-order valence-electron chi connectivity index (χ1n) is 7.76. The molecule has 0 aliphatic rings. The Morgan fingerprint density at radius 3 is 2.75 bits per heavy atom. The fourth-order valence-electron chi connectivity index (χ4n) is 2.48. The number of benzene rings is 1. The molecule has 2 aromatic heterocycles. The first-order valence-corrected chi connectivity index (χ1v) is 8.17. The fraction of sp³-hybridized carbons (Fsp3) is 0.222. The summed E-state index contributed by atoms with van der Waals surface area (Å²) in [6.45, 7) is 2.62. The van der Waals surface area contributed by atoms with Crippen LogP contribution in [0.3, 0.4) is 0 Å². The molecule has 0 amide bonds. The van der Waals surface area contributed by atoms with Gasteiger partial charge in [0.25, 0.3) is 0 Å². The quantitative estimate of drug-likeness (QED) is 0.698. The molecule has 0 radical (unpaired) electrons. The van der Waals surface area contributed by atoms with Crippen LogP contribution in [0.25, 0.3) is 16.9 Å². The van der Waals surface area contributed by atoms with Crippen LogP contribution in [0.1, 0.15) is 6.92 Å². The standard InChI is InChI=1S/C18H20N4OS/c1-13(12-23-2)19-18(24)20-15-8-6-14(7-9-15)16-11-22-10-4-3-5-17(22)21-16/h3-11,13H,12H2,1-2H3,(H2,19,20,24)/t13-/m1/s1. The Morgan fingerprint density at radius 2 is 2.04 bits per heavy atom. The summed E-state index contributed by atoms with van der Waals surface area (Å²) < 4.78 is 7.10. The Hall–Kier alpha value is -2.44. The molecular formula is C18H20N4OS. The highest BCUT2D eigenvalue weighted by Gasteiger charge is 2.06. The van der Waals surface area contributed by atoms with Crippen LogP contribution in [0, 0.1) is 0 Å². The molecule has 5 nitrogen and oxygen atoms in total. The number of methoxy groups -OCH3 is 1. The molecule has 6 heteroatoms. The van der Waals surface area contributed by atoms with E-state index in [9.17, 15) is 0 Å².